The zero-order valence-electron chi connectivity index (χ0n) is 14.5. The molecule has 1 aromatic heterocycles. The summed E-state index contributed by atoms with van der Waals surface area (Å²) in [6.07, 6.45) is 3.71. The van der Waals surface area contributed by atoms with Gasteiger partial charge in [0.25, 0.3) is 0 Å². The van der Waals surface area contributed by atoms with Crippen LogP contribution in [0, 0.1) is 0 Å². The summed E-state index contributed by atoms with van der Waals surface area (Å²) in [6, 6.07) is 7.80. The van der Waals surface area contributed by atoms with Crippen molar-refractivity contribution < 1.29 is 9.59 Å². The van der Waals surface area contributed by atoms with Crippen LogP contribution in [0.1, 0.15) is 37.0 Å². The monoisotopic (exact) mass is 339 g/mol. The SMILES string of the molecule is CC(=O)c1cnc(Nc2cccc(N(C)C(C)=O)c2)nc1NC1CC1. The summed E-state index contributed by atoms with van der Waals surface area (Å²) in [7, 11) is 1.72. The van der Waals surface area contributed by atoms with Crippen molar-refractivity contribution in [3.05, 3.63) is 36.0 Å². The molecule has 0 atom stereocenters. The molecule has 7 heteroatoms. The third-order valence-electron chi connectivity index (χ3n) is 4.05. The topological polar surface area (TPSA) is 87.2 Å². The van der Waals surface area contributed by atoms with Crippen LogP contribution in [0.4, 0.5) is 23.1 Å². The Morgan fingerprint density at radius 2 is 2.00 bits per heavy atom. The zero-order valence-corrected chi connectivity index (χ0v) is 14.5. The molecular formula is C18H21N5O2. The molecule has 1 aromatic carbocycles. The average Bonchev–Trinajstić information content (AvgIpc) is 3.38. The van der Waals surface area contributed by atoms with Gasteiger partial charge in [-0.25, -0.2) is 4.98 Å². The molecular weight excluding hydrogens is 318 g/mol. The van der Waals surface area contributed by atoms with E-state index in [2.05, 4.69) is 20.6 Å². The minimum atomic E-state index is -0.0696. The highest BCUT2D eigenvalue weighted by Gasteiger charge is 2.24. The summed E-state index contributed by atoms with van der Waals surface area (Å²) in [5.41, 5.74) is 2.02. The molecule has 1 saturated carbocycles. The van der Waals surface area contributed by atoms with Gasteiger partial charge >= 0.3 is 0 Å². The number of anilines is 4. The molecule has 0 aliphatic heterocycles. The van der Waals surface area contributed by atoms with Crippen LogP contribution in [-0.4, -0.2) is 34.7 Å². The summed E-state index contributed by atoms with van der Waals surface area (Å²) >= 11 is 0. The first-order valence-electron chi connectivity index (χ1n) is 8.20. The second-order valence-electron chi connectivity index (χ2n) is 6.18. The molecule has 2 aromatic rings. The third kappa shape index (κ3) is 4.12. The van der Waals surface area contributed by atoms with Gasteiger partial charge in [0.2, 0.25) is 11.9 Å². The van der Waals surface area contributed by atoms with Crippen LogP contribution in [0.5, 0.6) is 0 Å². The molecule has 1 amide bonds. The number of ketones is 1. The number of amides is 1. The van der Waals surface area contributed by atoms with Crippen LogP contribution in [0.2, 0.25) is 0 Å². The highest BCUT2D eigenvalue weighted by atomic mass is 16.2. The van der Waals surface area contributed by atoms with Crippen LogP contribution in [0.15, 0.2) is 30.5 Å². The van der Waals surface area contributed by atoms with E-state index in [1.54, 1.807) is 11.9 Å². The number of nitrogens with zero attached hydrogens (tertiary/aromatic N) is 3. The third-order valence-corrected chi connectivity index (χ3v) is 4.05. The Labute approximate surface area is 146 Å². The van der Waals surface area contributed by atoms with Gasteiger partial charge < -0.3 is 15.5 Å². The summed E-state index contributed by atoms with van der Waals surface area (Å²) in [6.45, 7) is 3.02. The molecule has 130 valence electrons. The minimum absolute atomic E-state index is 0.0462. The Kier molecular flexibility index (Phi) is 4.65. The number of benzene rings is 1. The predicted molar refractivity (Wildman–Crippen MR) is 97.5 cm³/mol. The number of carbonyl (C=O) groups excluding carboxylic acids is 2. The lowest BCUT2D eigenvalue weighted by Gasteiger charge is -2.16. The number of Topliss-reactive ketones (excluding diaryl/α,β-unsaturated/α-hetero) is 1. The second-order valence-corrected chi connectivity index (χ2v) is 6.18. The van der Waals surface area contributed by atoms with Gasteiger partial charge in [-0.1, -0.05) is 6.07 Å². The molecule has 1 fully saturated rings. The van der Waals surface area contributed by atoms with E-state index in [-0.39, 0.29) is 11.7 Å². The first-order valence-corrected chi connectivity index (χ1v) is 8.20. The minimum Gasteiger partial charge on any atom is -0.367 e. The lowest BCUT2D eigenvalue weighted by atomic mass is 10.2. The van der Waals surface area contributed by atoms with Crippen LogP contribution in [-0.2, 0) is 4.79 Å². The predicted octanol–water partition coefficient (Wildman–Crippen LogP) is 2.98. The maximum atomic E-state index is 11.7. The molecule has 0 saturated heterocycles. The van der Waals surface area contributed by atoms with Crippen LogP contribution in [0.25, 0.3) is 0 Å². The van der Waals surface area contributed by atoms with Crippen molar-refractivity contribution in [3.63, 3.8) is 0 Å². The Morgan fingerprint density at radius 1 is 1.24 bits per heavy atom. The van der Waals surface area contributed by atoms with E-state index in [4.69, 9.17) is 0 Å². The molecule has 1 aliphatic rings. The van der Waals surface area contributed by atoms with E-state index in [1.165, 1.54) is 20.0 Å². The van der Waals surface area contributed by atoms with Crippen LogP contribution >= 0.6 is 0 Å². The standard InChI is InChI=1S/C18H21N5O2/c1-11(24)16-10-19-18(22-17(16)20-13-7-8-13)21-14-5-4-6-15(9-14)23(3)12(2)25/h4-6,9-10,13H,7-8H2,1-3H3,(H2,19,20,21,22). The van der Waals surface area contributed by atoms with E-state index in [9.17, 15) is 9.59 Å². The molecule has 0 spiro atoms. The number of nitrogens with one attached hydrogen (secondary N) is 2. The Hall–Kier alpha value is -2.96. The normalized spacial score (nSPS) is 13.2. The van der Waals surface area contributed by atoms with Gasteiger partial charge in [-0.05, 0) is 38.0 Å². The molecule has 7 nitrogen and oxygen atoms in total. The van der Waals surface area contributed by atoms with Crippen molar-refractivity contribution in [2.75, 3.05) is 22.6 Å². The van der Waals surface area contributed by atoms with Gasteiger partial charge in [0.15, 0.2) is 5.78 Å². The van der Waals surface area contributed by atoms with Gasteiger partial charge in [0.1, 0.15) is 5.82 Å². The highest BCUT2D eigenvalue weighted by Crippen LogP contribution is 2.27. The van der Waals surface area contributed by atoms with Crippen LogP contribution in [0.3, 0.4) is 0 Å². The Bertz CT molecular complexity index is 817. The molecule has 0 bridgehead atoms. The lowest BCUT2D eigenvalue weighted by Crippen LogP contribution is -2.22. The maximum Gasteiger partial charge on any atom is 0.229 e. The largest absolute Gasteiger partial charge is 0.367 e. The number of rotatable bonds is 6. The fraction of sp³-hybridized carbons (Fsp3) is 0.333. The molecule has 2 N–H and O–H groups in total. The van der Waals surface area contributed by atoms with Crippen molar-refractivity contribution in [1.29, 1.82) is 0 Å². The van der Waals surface area contributed by atoms with E-state index >= 15 is 0 Å². The number of carbonyl (C=O) groups is 2. The number of hydrogen-bond acceptors (Lipinski definition) is 6. The first kappa shape index (κ1) is 16.9. The molecule has 0 unspecified atom stereocenters. The first-order chi connectivity index (χ1) is 11.9. The second kappa shape index (κ2) is 6.88. The van der Waals surface area contributed by atoms with Crippen molar-refractivity contribution in [1.82, 2.24) is 9.97 Å². The maximum absolute atomic E-state index is 11.7. The summed E-state index contributed by atoms with van der Waals surface area (Å²) in [4.78, 5) is 33.5. The zero-order chi connectivity index (χ0) is 18.0. The smallest absolute Gasteiger partial charge is 0.229 e. The number of aromatic nitrogens is 2. The Balaban J connectivity index is 1.84. The molecule has 1 heterocycles. The van der Waals surface area contributed by atoms with Gasteiger partial charge in [0, 0.05) is 37.6 Å². The summed E-state index contributed by atoms with van der Waals surface area (Å²) < 4.78 is 0. The van der Waals surface area contributed by atoms with E-state index in [1.807, 2.05) is 24.3 Å². The fourth-order valence-corrected chi connectivity index (χ4v) is 2.33. The van der Waals surface area contributed by atoms with E-state index in [0.717, 1.165) is 24.2 Å². The van der Waals surface area contributed by atoms with E-state index in [0.29, 0.717) is 23.4 Å². The quantitative estimate of drug-likeness (QED) is 0.787. The van der Waals surface area contributed by atoms with Crippen molar-refractivity contribution in [2.45, 2.75) is 32.7 Å². The van der Waals surface area contributed by atoms with Gasteiger partial charge in [-0.3, -0.25) is 9.59 Å². The van der Waals surface area contributed by atoms with Crippen molar-refractivity contribution >= 4 is 34.8 Å². The molecule has 3 rings (SSSR count). The molecule has 25 heavy (non-hydrogen) atoms. The number of hydrogen-bond donors (Lipinski definition) is 2. The van der Waals surface area contributed by atoms with E-state index < -0.39 is 0 Å². The summed E-state index contributed by atoms with van der Waals surface area (Å²) in [5, 5.41) is 6.40. The average molecular weight is 339 g/mol. The molecule has 0 radical (unpaired) electrons. The fourth-order valence-electron chi connectivity index (χ4n) is 2.33. The van der Waals surface area contributed by atoms with Gasteiger partial charge in [-0.2, -0.15) is 4.98 Å². The van der Waals surface area contributed by atoms with Crippen molar-refractivity contribution in [2.24, 2.45) is 0 Å². The lowest BCUT2D eigenvalue weighted by molar-refractivity contribution is -0.116. The highest BCUT2D eigenvalue weighted by molar-refractivity contribution is 5.98. The Morgan fingerprint density at radius 3 is 2.64 bits per heavy atom. The van der Waals surface area contributed by atoms with Crippen LogP contribution < -0.4 is 15.5 Å². The van der Waals surface area contributed by atoms with Gasteiger partial charge in [-0.15, -0.1) is 0 Å². The van der Waals surface area contributed by atoms with Gasteiger partial charge in [0.05, 0.1) is 5.56 Å². The summed E-state index contributed by atoms with van der Waals surface area (Å²) in [5.74, 6) is 0.843. The molecule has 1 aliphatic carbocycles. The van der Waals surface area contributed by atoms with Crippen molar-refractivity contribution in [3.8, 4) is 0 Å².